The minimum atomic E-state index is -0.581. The van der Waals surface area contributed by atoms with Crippen molar-refractivity contribution in [3.05, 3.63) is 35.6 Å². The average Bonchev–Trinajstić information content (AvgIpc) is 3.22. The number of hydrogen-bond donors (Lipinski definition) is 1. The van der Waals surface area contributed by atoms with Gasteiger partial charge in [-0.25, -0.2) is 4.39 Å². The molecule has 0 bridgehead atoms. The first-order chi connectivity index (χ1) is 9.22. The van der Waals surface area contributed by atoms with Crippen molar-refractivity contribution in [1.29, 1.82) is 0 Å². The van der Waals surface area contributed by atoms with E-state index in [1.54, 1.807) is 12.1 Å². The van der Waals surface area contributed by atoms with Gasteiger partial charge >= 0.3 is 0 Å². The predicted octanol–water partition coefficient (Wildman–Crippen LogP) is 3.31. The molecule has 0 unspecified atom stereocenters. The number of carbonyl (C=O) groups excluding carboxylic acids is 1. The molecule has 0 aliphatic heterocycles. The highest BCUT2D eigenvalue weighted by Gasteiger charge is 2.52. The molecule has 3 heteroatoms. The van der Waals surface area contributed by atoms with Crippen LogP contribution in [0.25, 0.3) is 0 Å². The maximum absolute atomic E-state index is 13.9. The Hall–Kier alpha value is -1.38. The van der Waals surface area contributed by atoms with Crippen LogP contribution >= 0.6 is 0 Å². The van der Waals surface area contributed by atoms with Crippen molar-refractivity contribution in [1.82, 2.24) is 5.32 Å². The second kappa shape index (κ2) is 4.95. The molecule has 19 heavy (non-hydrogen) atoms. The van der Waals surface area contributed by atoms with Gasteiger partial charge in [0.25, 0.3) is 0 Å². The van der Waals surface area contributed by atoms with E-state index >= 15 is 0 Å². The summed E-state index contributed by atoms with van der Waals surface area (Å²) in [5.74, 6) is -0.219. The molecule has 0 aromatic heterocycles. The largest absolute Gasteiger partial charge is 0.353 e. The third-order valence-corrected chi connectivity index (χ3v) is 4.51. The molecule has 1 aromatic rings. The van der Waals surface area contributed by atoms with Crippen molar-refractivity contribution in [3.8, 4) is 0 Å². The molecule has 0 heterocycles. The molecule has 0 radical (unpaired) electrons. The normalized spacial score (nSPS) is 21.9. The van der Waals surface area contributed by atoms with Crippen molar-refractivity contribution >= 4 is 5.91 Å². The second-order valence-electron chi connectivity index (χ2n) is 5.87. The molecule has 2 saturated carbocycles. The van der Waals surface area contributed by atoms with Crippen molar-refractivity contribution in [2.75, 3.05) is 0 Å². The van der Waals surface area contributed by atoms with Crippen molar-refractivity contribution in [2.45, 2.75) is 56.4 Å². The fourth-order valence-electron chi connectivity index (χ4n) is 3.16. The first kappa shape index (κ1) is 12.6. The molecule has 0 spiro atoms. The molecule has 0 atom stereocenters. The summed E-state index contributed by atoms with van der Waals surface area (Å²) < 4.78 is 13.9. The van der Waals surface area contributed by atoms with Crippen LogP contribution in [0.1, 0.15) is 50.5 Å². The van der Waals surface area contributed by atoms with Gasteiger partial charge in [0.15, 0.2) is 0 Å². The third kappa shape index (κ3) is 2.38. The maximum atomic E-state index is 13.9. The number of nitrogens with one attached hydrogen (secondary N) is 1. The summed E-state index contributed by atoms with van der Waals surface area (Å²) in [5.41, 5.74) is -0.00806. The predicted molar refractivity (Wildman–Crippen MR) is 72.3 cm³/mol. The van der Waals surface area contributed by atoms with Gasteiger partial charge in [-0.05, 0) is 31.7 Å². The zero-order valence-corrected chi connectivity index (χ0v) is 11.1. The summed E-state index contributed by atoms with van der Waals surface area (Å²) in [6, 6.07) is 6.98. The zero-order chi connectivity index (χ0) is 13.3. The summed E-state index contributed by atoms with van der Waals surface area (Å²) in [6.45, 7) is 0. The second-order valence-corrected chi connectivity index (χ2v) is 5.87. The van der Waals surface area contributed by atoms with Crippen LogP contribution in [0.5, 0.6) is 0 Å². The Bertz CT molecular complexity index is 475. The third-order valence-electron chi connectivity index (χ3n) is 4.51. The van der Waals surface area contributed by atoms with Crippen LogP contribution in [-0.2, 0) is 10.2 Å². The van der Waals surface area contributed by atoms with Gasteiger partial charge in [-0.3, -0.25) is 4.79 Å². The molecule has 1 N–H and O–H groups in total. The standard InChI is InChI=1S/C16H20FNO/c17-14-9-5-4-8-13(14)16(10-11-16)15(19)18-12-6-2-1-3-7-12/h4-5,8-9,12H,1-3,6-7,10-11H2,(H,18,19). The molecular formula is C16H20FNO. The maximum Gasteiger partial charge on any atom is 0.230 e. The lowest BCUT2D eigenvalue weighted by Crippen LogP contribution is -2.42. The van der Waals surface area contributed by atoms with Gasteiger partial charge in [-0.1, -0.05) is 37.5 Å². The van der Waals surface area contributed by atoms with Crippen LogP contribution in [0.3, 0.4) is 0 Å². The first-order valence-corrected chi connectivity index (χ1v) is 7.28. The first-order valence-electron chi connectivity index (χ1n) is 7.28. The Kier molecular flexibility index (Phi) is 3.29. The van der Waals surface area contributed by atoms with Crippen LogP contribution in [0.4, 0.5) is 4.39 Å². The zero-order valence-electron chi connectivity index (χ0n) is 11.1. The lowest BCUT2D eigenvalue weighted by molar-refractivity contribution is -0.124. The molecule has 3 rings (SSSR count). The molecule has 2 aliphatic rings. The summed E-state index contributed by atoms with van der Waals surface area (Å²) >= 11 is 0. The van der Waals surface area contributed by atoms with Crippen molar-refractivity contribution in [3.63, 3.8) is 0 Å². The van der Waals surface area contributed by atoms with Gasteiger partial charge in [-0.2, -0.15) is 0 Å². The Labute approximate surface area is 113 Å². The summed E-state index contributed by atoms with van der Waals surface area (Å²) in [4.78, 5) is 12.5. The van der Waals surface area contributed by atoms with Crippen molar-refractivity contribution < 1.29 is 9.18 Å². The molecule has 1 amide bonds. The van der Waals surface area contributed by atoms with Gasteiger partial charge in [0, 0.05) is 11.6 Å². The molecule has 2 aliphatic carbocycles. The van der Waals surface area contributed by atoms with Crippen LogP contribution in [-0.4, -0.2) is 11.9 Å². The summed E-state index contributed by atoms with van der Waals surface area (Å²) in [7, 11) is 0. The smallest absolute Gasteiger partial charge is 0.230 e. The number of rotatable bonds is 3. The fraction of sp³-hybridized carbons (Fsp3) is 0.562. The van der Waals surface area contributed by atoms with E-state index in [0.717, 1.165) is 25.7 Å². The molecular weight excluding hydrogens is 241 g/mol. The summed E-state index contributed by atoms with van der Waals surface area (Å²) in [6.07, 6.45) is 7.33. The quantitative estimate of drug-likeness (QED) is 0.888. The lowest BCUT2D eigenvalue weighted by atomic mass is 9.91. The lowest BCUT2D eigenvalue weighted by Gasteiger charge is -2.25. The van der Waals surface area contributed by atoms with Gasteiger partial charge in [-0.15, -0.1) is 0 Å². The number of halogens is 1. The van der Waals surface area contributed by atoms with E-state index in [-0.39, 0.29) is 11.7 Å². The monoisotopic (exact) mass is 261 g/mol. The van der Waals surface area contributed by atoms with Crippen molar-refractivity contribution in [2.24, 2.45) is 0 Å². The minimum absolute atomic E-state index is 0.0319. The highest BCUT2D eigenvalue weighted by Crippen LogP contribution is 2.49. The van der Waals surface area contributed by atoms with Crippen LogP contribution in [0.15, 0.2) is 24.3 Å². The molecule has 102 valence electrons. The Morgan fingerprint density at radius 3 is 2.47 bits per heavy atom. The van der Waals surface area contributed by atoms with E-state index in [4.69, 9.17) is 0 Å². The van der Waals surface area contributed by atoms with Gasteiger partial charge in [0.05, 0.1) is 5.41 Å². The summed E-state index contributed by atoms with van der Waals surface area (Å²) in [5, 5.41) is 3.14. The van der Waals surface area contributed by atoms with Gasteiger partial charge in [0.1, 0.15) is 5.82 Å². The highest BCUT2D eigenvalue weighted by atomic mass is 19.1. The van der Waals surface area contributed by atoms with Gasteiger partial charge in [0.2, 0.25) is 5.91 Å². The van der Waals surface area contributed by atoms with E-state index in [1.165, 1.54) is 25.3 Å². The Morgan fingerprint density at radius 1 is 1.16 bits per heavy atom. The Morgan fingerprint density at radius 2 is 1.84 bits per heavy atom. The number of benzene rings is 1. The van der Waals surface area contributed by atoms with E-state index in [9.17, 15) is 9.18 Å². The molecule has 2 nitrogen and oxygen atoms in total. The highest BCUT2D eigenvalue weighted by molar-refractivity contribution is 5.91. The minimum Gasteiger partial charge on any atom is -0.353 e. The van der Waals surface area contributed by atoms with E-state index in [1.807, 2.05) is 6.07 Å². The molecule has 2 fully saturated rings. The van der Waals surface area contributed by atoms with E-state index in [2.05, 4.69) is 5.32 Å². The van der Waals surface area contributed by atoms with Gasteiger partial charge < -0.3 is 5.32 Å². The SMILES string of the molecule is O=C(NC1CCCCC1)C1(c2ccccc2F)CC1. The van der Waals surface area contributed by atoms with E-state index < -0.39 is 5.41 Å². The molecule has 1 aromatic carbocycles. The molecule has 0 saturated heterocycles. The van der Waals surface area contributed by atoms with Crippen LogP contribution in [0, 0.1) is 5.82 Å². The topological polar surface area (TPSA) is 29.1 Å². The van der Waals surface area contributed by atoms with Crippen LogP contribution in [0.2, 0.25) is 0 Å². The Balaban J connectivity index is 1.74. The average molecular weight is 261 g/mol. The van der Waals surface area contributed by atoms with Crippen LogP contribution < -0.4 is 5.32 Å². The number of amides is 1. The van der Waals surface area contributed by atoms with E-state index in [0.29, 0.717) is 11.6 Å². The number of hydrogen-bond acceptors (Lipinski definition) is 1. The fourth-order valence-corrected chi connectivity index (χ4v) is 3.16. The number of carbonyl (C=O) groups is 1.